The Bertz CT molecular complexity index is 706. The van der Waals surface area contributed by atoms with E-state index in [0.29, 0.717) is 11.8 Å². The fraction of sp³-hybridized carbons (Fsp3) is 0.182. The molecule has 10 radical (unpaired) electrons. The van der Waals surface area contributed by atoms with Crippen molar-refractivity contribution in [2.45, 2.75) is 0 Å². The molecule has 0 spiro atoms. The predicted molar refractivity (Wildman–Crippen MR) is 103 cm³/mol. The Kier molecular flexibility index (Phi) is 10.2. The molecule has 0 N–H and O–H groups in total. The van der Waals surface area contributed by atoms with Crippen LogP contribution in [0, 0.1) is 63.2 Å². The third kappa shape index (κ3) is 6.17. The number of methoxy groups -OCH3 is 4. The van der Waals surface area contributed by atoms with E-state index in [9.17, 15) is 19.2 Å². The third-order valence-corrected chi connectivity index (χ3v) is 12.2. The first kappa shape index (κ1) is 25.6. The Morgan fingerprint density at radius 2 is 0.839 bits per heavy atom. The number of carbonyl (C=O) groups is 4. The summed E-state index contributed by atoms with van der Waals surface area (Å²) < 4.78 is 19.7. The summed E-state index contributed by atoms with van der Waals surface area (Å²) in [5.74, 6) is -2.13. The molecule has 0 aromatic carbocycles. The van der Waals surface area contributed by atoms with Gasteiger partial charge in [-0.3, -0.25) is 0 Å². The van der Waals surface area contributed by atoms with Crippen molar-refractivity contribution in [2.75, 3.05) is 28.4 Å². The Balaban J connectivity index is 2.70. The van der Waals surface area contributed by atoms with Gasteiger partial charge in [0.2, 0.25) is 0 Å². The molecular weight excluding hydrogens is 593 g/mol. The number of rotatable bonds is 8. The Labute approximate surface area is 195 Å². The van der Waals surface area contributed by atoms with Crippen molar-refractivity contribution in [1.82, 2.24) is 0 Å². The van der Waals surface area contributed by atoms with Crippen LogP contribution in [-0.2, 0) is 62.7 Å². The van der Waals surface area contributed by atoms with Crippen LogP contribution in [0.3, 0.4) is 0 Å². The van der Waals surface area contributed by atoms with E-state index in [1.807, 2.05) is 0 Å². The summed E-state index contributed by atoms with van der Waals surface area (Å²) in [7, 11) is 4.74. The van der Waals surface area contributed by atoms with Crippen molar-refractivity contribution in [3.63, 3.8) is 0 Å². The number of esters is 4. The fourth-order valence-electron chi connectivity index (χ4n) is 3.06. The molecule has 2 rings (SSSR count). The molecule has 0 atom stereocenters. The average molecular weight is 613 g/mol. The van der Waals surface area contributed by atoms with Gasteiger partial charge in [-0.15, -0.1) is 0 Å². The minimum atomic E-state index is -3.12. The molecule has 0 saturated heterocycles. The number of ether oxygens (including phenoxy) is 4. The normalized spacial score (nSPS) is 18.5. The zero-order chi connectivity index (χ0) is 23.0. The zero-order valence-corrected chi connectivity index (χ0v) is 23.1. The zero-order valence-electron chi connectivity index (χ0n) is 17.6. The van der Waals surface area contributed by atoms with Gasteiger partial charge in [0.25, 0.3) is 0 Å². The molecule has 0 aromatic rings. The van der Waals surface area contributed by atoms with Gasteiger partial charge >= 0.3 is 196 Å². The van der Waals surface area contributed by atoms with Gasteiger partial charge in [-0.25, -0.2) is 0 Å². The molecule has 2 aliphatic rings. The van der Waals surface area contributed by atoms with Crippen LogP contribution in [-0.4, -0.2) is 52.3 Å². The first-order valence-electron chi connectivity index (χ1n) is 9.13. The van der Waals surface area contributed by atoms with Crippen molar-refractivity contribution < 1.29 is 62.7 Å². The molecule has 2 aliphatic carbocycles. The summed E-state index contributed by atoms with van der Waals surface area (Å²) in [5.41, 5.74) is 0.0169. The summed E-state index contributed by atoms with van der Waals surface area (Å²) in [6.07, 6.45) is 13.4. The van der Waals surface area contributed by atoms with Crippen molar-refractivity contribution >= 4 is 23.9 Å². The summed E-state index contributed by atoms with van der Waals surface area (Å²) >= 11 is -3.12. The number of hydrogen-bond acceptors (Lipinski definition) is 8. The van der Waals surface area contributed by atoms with Gasteiger partial charge in [-0.05, 0) is 0 Å². The van der Waals surface area contributed by atoms with E-state index in [1.54, 1.807) is 51.4 Å². The standard InChI is InChI=1S/2C11H10O4.Hg/c2*1-14-10(12)7-9(11(13)15-2)8-5-3-4-6-8;/h2*3-6H,1-2H3;. The third-order valence-electron chi connectivity index (χ3n) is 4.50. The first-order valence-corrected chi connectivity index (χ1v) is 14.6. The van der Waals surface area contributed by atoms with Crippen LogP contribution in [0.15, 0.2) is 17.3 Å². The van der Waals surface area contributed by atoms with Crippen LogP contribution in [0.25, 0.3) is 0 Å². The van der Waals surface area contributed by atoms with Gasteiger partial charge in [-0.2, -0.15) is 0 Å². The second-order valence-corrected chi connectivity index (χ2v) is 13.1. The summed E-state index contributed by atoms with van der Waals surface area (Å²) in [6.45, 7) is 0. The molecule has 0 heterocycles. The predicted octanol–water partition coefficient (Wildman–Crippen LogP) is 1.08. The minimum absolute atomic E-state index is 0.00846. The van der Waals surface area contributed by atoms with E-state index >= 15 is 0 Å². The SMILES string of the molecule is COC(=O)/[C]([Hg]/[C](C(=O)OC)=C(/[C]1[CH][CH][CH][CH]1)C(=O)OC)=C(\[C]1[CH][CH][CH][CH]1)C(=O)OC. The van der Waals surface area contributed by atoms with Crippen LogP contribution < -0.4 is 0 Å². The van der Waals surface area contributed by atoms with E-state index in [0.717, 1.165) is 0 Å². The summed E-state index contributed by atoms with van der Waals surface area (Å²) in [6, 6.07) is 0. The fourth-order valence-corrected chi connectivity index (χ4v) is 10.8. The molecule has 9 heteroatoms. The van der Waals surface area contributed by atoms with E-state index < -0.39 is 48.5 Å². The average Bonchev–Trinajstić information content (AvgIpc) is 3.51. The molecule has 8 nitrogen and oxygen atoms in total. The molecule has 2 fully saturated rings. The van der Waals surface area contributed by atoms with Gasteiger partial charge in [0.15, 0.2) is 0 Å². The molecule has 0 aromatic heterocycles. The summed E-state index contributed by atoms with van der Waals surface area (Å²) in [5, 5.41) is 0. The number of hydrogen-bond donors (Lipinski definition) is 0. The number of carbonyl (C=O) groups excluding carboxylic acids is 4. The maximum absolute atomic E-state index is 12.7. The van der Waals surface area contributed by atoms with Gasteiger partial charge in [0.05, 0.1) is 0 Å². The Morgan fingerprint density at radius 1 is 0.548 bits per heavy atom. The maximum atomic E-state index is 12.7. The molecule has 31 heavy (non-hydrogen) atoms. The Hall–Kier alpha value is -1.70. The molecular formula is C22H20HgO8. The quantitative estimate of drug-likeness (QED) is 0.174. The topological polar surface area (TPSA) is 105 Å². The van der Waals surface area contributed by atoms with Gasteiger partial charge < -0.3 is 0 Å². The van der Waals surface area contributed by atoms with Crippen LogP contribution in [0.5, 0.6) is 0 Å². The molecule has 0 amide bonds. The van der Waals surface area contributed by atoms with Gasteiger partial charge in [0.1, 0.15) is 0 Å². The molecule has 0 bridgehead atoms. The molecule has 0 aliphatic heterocycles. The van der Waals surface area contributed by atoms with Gasteiger partial charge in [0, 0.05) is 0 Å². The van der Waals surface area contributed by atoms with Crippen molar-refractivity contribution in [3.8, 4) is 0 Å². The van der Waals surface area contributed by atoms with Crippen molar-refractivity contribution in [1.29, 1.82) is 0 Å². The summed E-state index contributed by atoms with van der Waals surface area (Å²) in [4.78, 5) is 50.7. The molecule has 158 valence electrons. The first-order chi connectivity index (χ1) is 14.9. The van der Waals surface area contributed by atoms with E-state index in [-0.39, 0.29) is 17.3 Å². The van der Waals surface area contributed by atoms with Crippen LogP contribution in [0.4, 0.5) is 0 Å². The second kappa shape index (κ2) is 12.4. The Morgan fingerprint density at radius 3 is 1.10 bits per heavy atom. The van der Waals surface area contributed by atoms with Crippen LogP contribution >= 0.6 is 0 Å². The van der Waals surface area contributed by atoms with E-state index in [2.05, 4.69) is 0 Å². The monoisotopic (exact) mass is 614 g/mol. The van der Waals surface area contributed by atoms with Crippen LogP contribution in [0.2, 0.25) is 0 Å². The van der Waals surface area contributed by atoms with E-state index in [4.69, 9.17) is 18.9 Å². The van der Waals surface area contributed by atoms with Gasteiger partial charge in [-0.1, -0.05) is 0 Å². The van der Waals surface area contributed by atoms with Crippen molar-refractivity contribution in [2.24, 2.45) is 0 Å². The molecule has 2 saturated carbocycles. The molecule has 0 unspecified atom stereocenters. The second-order valence-electron chi connectivity index (χ2n) is 6.20. The van der Waals surface area contributed by atoms with Crippen LogP contribution in [0.1, 0.15) is 0 Å². The van der Waals surface area contributed by atoms with E-state index in [1.165, 1.54) is 28.4 Å². The van der Waals surface area contributed by atoms with Crippen molar-refractivity contribution in [3.05, 3.63) is 80.5 Å².